The first-order valence-electron chi connectivity index (χ1n) is 7.87. The Hall–Kier alpha value is -1.26. The van der Waals surface area contributed by atoms with Crippen molar-refractivity contribution in [3.8, 4) is 5.75 Å². The minimum Gasteiger partial charge on any atom is -0.479 e. The molecule has 2 fully saturated rings. The molecule has 0 amide bonds. The standard InChI is InChI=1S/C17H22ClNO3/c1-11(21-15-5-3-4-12(18)8-15)17(20)22-16-9-13-6-7-14(10-16)19(13)2/h3-5,8,11,13-14,16H,6-7,9-10H2,1-2H3. The summed E-state index contributed by atoms with van der Waals surface area (Å²) in [7, 11) is 2.17. The third-order valence-electron chi connectivity index (χ3n) is 4.78. The average Bonchev–Trinajstić information content (AvgIpc) is 2.70. The number of halogens is 1. The van der Waals surface area contributed by atoms with Gasteiger partial charge in [0.2, 0.25) is 0 Å². The second kappa shape index (κ2) is 6.47. The van der Waals surface area contributed by atoms with Crippen LogP contribution in [0.25, 0.3) is 0 Å². The zero-order valence-corrected chi connectivity index (χ0v) is 13.8. The predicted molar refractivity (Wildman–Crippen MR) is 85.2 cm³/mol. The SMILES string of the molecule is CC(Oc1cccc(Cl)c1)C(=O)OC1CC2CCC(C1)N2C. The van der Waals surface area contributed by atoms with Gasteiger partial charge in [-0.1, -0.05) is 17.7 Å². The van der Waals surface area contributed by atoms with E-state index in [1.165, 1.54) is 12.8 Å². The van der Waals surface area contributed by atoms with Gasteiger partial charge in [-0.15, -0.1) is 0 Å². The van der Waals surface area contributed by atoms with Crippen molar-refractivity contribution in [2.75, 3.05) is 7.05 Å². The molecule has 0 radical (unpaired) electrons. The molecular formula is C17H22ClNO3. The van der Waals surface area contributed by atoms with Crippen molar-refractivity contribution in [1.29, 1.82) is 0 Å². The monoisotopic (exact) mass is 323 g/mol. The van der Waals surface area contributed by atoms with E-state index in [0.29, 0.717) is 22.9 Å². The van der Waals surface area contributed by atoms with Gasteiger partial charge in [-0.05, 0) is 57.9 Å². The van der Waals surface area contributed by atoms with E-state index in [1.807, 2.05) is 0 Å². The van der Waals surface area contributed by atoms with Crippen molar-refractivity contribution in [3.05, 3.63) is 29.3 Å². The lowest BCUT2D eigenvalue weighted by Crippen LogP contribution is -2.44. The van der Waals surface area contributed by atoms with Crippen LogP contribution >= 0.6 is 11.6 Å². The van der Waals surface area contributed by atoms with Crippen LogP contribution in [0, 0.1) is 0 Å². The van der Waals surface area contributed by atoms with E-state index in [0.717, 1.165) is 12.8 Å². The fourth-order valence-corrected chi connectivity index (χ4v) is 3.69. The first kappa shape index (κ1) is 15.6. The third-order valence-corrected chi connectivity index (χ3v) is 5.01. The molecule has 3 atom stereocenters. The maximum atomic E-state index is 12.2. The molecule has 120 valence electrons. The zero-order chi connectivity index (χ0) is 15.7. The van der Waals surface area contributed by atoms with Crippen LogP contribution in [0.1, 0.15) is 32.6 Å². The topological polar surface area (TPSA) is 38.8 Å². The molecule has 4 nitrogen and oxygen atoms in total. The number of benzene rings is 1. The van der Waals surface area contributed by atoms with Crippen LogP contribution in [0.5, 0.6) is 5.75 Å². The minimum atomic E-state index is -0.629. The number of ether oxygens (including phenoxy) is 2. The number of fused-ring (bicyclic) bond motifs is 2. The summed E-state index contributed by atoms with van der Waals surface area (Å²) in [6.07, 6.45) is 3.68. The van der Waals surface area contributed by atoms with Gasteiger partial charge in [-0.25, -0.2) is 4.79 Å². The Morgan fingerprint density at radius 3 is 2.64 bits per heavy atom. The van der Waals surface area contributed by atoms with Gasteiger partial charge in [0.25, 0.3) is 0 Å². The van der Waals surface area contributed by atoms with E-state index >= 15 is 0 Å². The van der Waals surface area contributed by atoms with Crippen molar-refractivity contribution < 1.29 is 14.3 Å². The van der Waals surface area contributed by atoms with E-state index in [9.17, 15) is 4.79 Å². The van der Waals surface area contributed by atoms with E-state index in [4.69, 9.17) is 21.1 Å². The lowest BCUT2D eigenvalue weighted by Gasteiger charge is -2.36. The highest BCUT2D eigenvalue weighted by Gasteiger charge is 2.40. The Morgan fingerprint density at radius 1 is 1.32 bits per heavy atom. The maximum Gasteiger partial charge on any atom is 0.347 e. The van der Waals surface area contributed by atoms with Crippen LogP contribution < -0.4 is 4.74 Å². The number of rotatable bonds is 4. The molecule has 0 aromatic heterocycles. The molecule has 2 saturated heterocycles. The maximum absolute atomic E-state index is 12.2. The lowest BCUT2D eigenvalue weighted by atomic mass is 10.0. The van der Waals surface area contributed by atoms with Gasteiger partial charge in [0.05, 0.1) is 0 Å². The molecule has 3 unspecified atom stereocenters. The minimum absolute atomic E-state index is 0.0200. The number of carbonyl (C=O) groups is 1. The van der Waals surface area contributed by atoms with Crippen LogP contribution in [0.2, 0.25) is 5.02 Å². The fraction of sp³-hybridized carbons (Fsp3) is 0.588. The number of carbonyl (C=O) groups excluding carboxylic acids is 1. The van der Waals surface area contributed by atoms with Gasteiger partial charge in [0.15, 0.2) is 6.10 Å². The molecule has 2 bridgehead atoms. The zero-order valence-electron chi connectivity index (χ0n) is 13.0. The largest absolute Gasteiger partial charge is 0.479 e. The molecule has 1 aromatic carbocycles. The van der Waals surface area contributed by atoms with Crippen LogP contribution in [0.15, 0.2) is 24.3 Å². The van der Waals surface area contributed by atoms with E-state index in [-0.39, 0.29) is 12.1 Å². The molecule has 0 saturated carbocycles. The van der Waals surface area contributed by atoms with E-state index in [2.05, 4.69) is 11.9 Å². The van der Waals surface area contributed by atoms with Crippen molar-refractivity contribution in [2.24, 2.45) is 0 Å². The smallest absolute Gasteiger partial charge is 0.347 e. The van der Waals surface area contributed by atoms with E-state index in [1.54, 1.807) is 31.2 Å². The molecule has 0 N–H and O–H groups in total. The lowest BCUT2D eigenvalue weighted by molar-refractivity contribution is -0.159. The molecule has 3 rings (SSSR count). The molecule has 2 aliphatic heterocycles. The van der Waals surface area contributed by atoms with Gasteiger partial charge in [0.1, 0.15) is 11.9 Å². The molecule has 5 heteroatoms. The summed E-state index contributed by atoms with van der Waals surface area (Å²) in [4.78, 5) is 14.6. The number of nitrogens with zero attached hydrogens (tertiary/aromatic N) is 1. The second-order valence-electron chi connectivity index (χ2n) is 6.30. The number of piperidine rings is 1. The molecule has 22 heavy (non-hydrogen) atoms. The van der Waals surface area contributed by atoms with Gasteiger partial charge >= 0.3 is 5.97 Å². The Kier molecular flexibility index (Phi) is 4.59. The van der Waals surface area contributed by atoms with Crippen LogP contribution in [0.4, 0.5) is 0 Å². The Balaban J connectivity index is 1.53. The van der Waals surface area contributed by atoms with Crippen LogP contribution in [0.3, 0.4) is 0 Å². The summed E-state index contributed by atoms with van der Waals surface area (Å²) in [5.74, 6) is 0.286. The van der Waals surface area contributed by atoms with Crippen molar-refractivity contribution in [1.82, 2.24) is 4.90 Å². The Morgan fingerprint density at radius 2 is 2.00 bits per heavy atom. The third kappa shape index (κ3) is 3.39. The summed E-state index contributed by atoms with van der Waals surface area (Å²) >= 11 is 5.92. The summed E-state index contributed by atoms with van der Waals surface area (Å²) in [5, 5.41) is 0.588. The summed E-state index contributed by atoms with van der Waals surface area (Å²) in [6, 6.07) is 8.16. The van der Waals surface area contributed by atoms with Crippen molar-refractivity contribution >= 4 is 17.6 Å². The van der Waals surface area contributed by atoms with Gasteiger partial charge in [-0.2, -0.15) is 0 Å². The molecular weight excluding hydrogens is 302 g/mol. The molecule has 1 aromatic rings. The summed E-state index contributed by atoms with van der Waals surface area (Å²) in [6.45, 7) is 1.72. The Bertz CT molecular complexity index is 536. The molecule has 0 aliphatic carbocycles. The summed E-state index contributed by atoms with van der Waals surface area (Å²) in [5.41, 5.74) is 0. The fourth-order valence-electron chi connectivity index (χ4n) is 3.51. The van der Waals surface area contributed by atoms with Gasteiger partial charge in [-0.3, -0.25) is 0 Å². The predicted octanol–water partition coefficient (Wildman–Crippen LogP) is 3.28. The van der Waals surface area contributed by atoms with Crippen LogP contribution in [-0.4, -0.2) is 42.2 Å². The quantitative estimate of drug-likeness (QED) is 0.797. The summed E-state index contributed by atoms with van der Waals surface area (Å²) < 4.78 is 11.3. The molecule has 0 spiro atoms. The number of hydrogen-bond acceptors (Lipinski definition) is 4. The van der Waals surface area contributed by atoms with E-state index < -0.39 is 6.10 Å². The molecule has 2 heterocycles. The van der Waals surface area contributed by atoms with Gasteiger partial charge in [0, 0.05) is 17.1 Å². The van der Waals surface area contributed by atoms with Crippen molar-refractivity contribution in [3.63, 3.8) is 0 Å². The Labute approximate surface area is 136 Å². The second-order valence-corrected chi connectivity index (χ2v) is 6.73. The first-order valence-corrected chi connectivity index (χ1v) is 8.25. The highest BCUT2D eigenvalue weighted by molar-refractivity contribution is 6.30. The average molecular weight is 324 g/mol. The normalized spacial score (nSPS) is 29.1. The van der Waals surface area contributed by atoms with Crippen molar-refractivity contribution in [2.45, 2.75) is 56.9 Å². The first-order chi connectivity index (χ1) is 10.5. The number of hydrogen-bond donors (Lipinski definition) is 0. The highest BCUT2D eigenvalue weighted by atomic mass is 35.5. The molecule has 2 aliphatic rings. The highest BCUT2D eigenvalue weighted by Crippen LogP contribution is 2.35. The van der Waals surface area contributed by atoms with Gasteiger partial charge < -0.3 is 14.4 Å². The number of esters is 1. The van der Waals surface area contributed by atoms with Crippen LogP contribution in [-0.2, 0) is 9.53 Å².